The summed E-state index contributed by atoms with van der Waals surface area (Å²) in [6.07, 6.45) is 21.2. The summed E-state index contributed by atoms with van der Waals surface area (Å²) >= 11 is 0. The predicted molar refractivity (Wildman–Crippen MR) is 334 cm³/mol. The number of allylic oxidation sites excluding steroid dienone is 3. The highest BCUT2D eigenvalue weighted by Crippen LogP contribution is 2.72. The van der Waals surface area contributed by atoms with Crippen LogP contribution in [0.1, 0.15) is 166 Å². The molecular weight excluding hydrogens is 1170 g/mol. The lowest BCUT2D eigenvalue weighted by molar-refractivity contribution is -0.233. The monoisotopic (exact) mass is 1270 g/mol. The van der Waals surface area contributed by atoms with Crippen LogP contribution in [0.5, 0.6) is 0 Å². The third-order valence-corrected chi connectivity index (χ3v) is 19.1. The molecule has 1 saturated carbocycles. The summed E-state index contributed by atoms with van der Waals surface area (Å²) in [5.41, 5.74) is 4.35. The molecule has 0 radical (unpaired) electrons. The van der Waals surface area contributed by atoms with Gasteiger partial charge in [0.25, 0.3) is 11.8 Å². The minimum atomic E-state index is -0.946. The van der Waals surface area contributed by atoms with Crippen LogP contribution in [0, 0.1) is 28.1 Å². The summed E-state index contributed by atoms with van der Waals surface area (Å²) in [5.74, 6) is -4.69. The van der Waals surface area contributed by atoms with E-state index in [9.17, 15) is 52.7 Å². The van der Waals surface area contributed by atoms with Gasteiger partial charge >= 0.3 is 29.9 Å². The zero-order chi connectivity index (χ0) is 66.8. The second-order valence-electron chi connectivity index (χ2n) is 25.9. The molecule has 3 fully saturated rings. The van der Waals surface area contributed by atoms with E-state index in [1.54, 1.807) is 33.8 Å². The summed E-state index contributed by atoms with van der Waals surface area (Å²) in [7, 11) is 0. The number of esters is 4. The Kier molecular flexibility index (Phi) is 26.1. The number of epoxide rings is 1. The van der Waals surface area contributed by atoms with Gasteiger partial charge in [0, 0.05) is 67.5 Å². The number of rotatable bonds is 24. The number of nitrogens with two attached hydrogens (primary N) is 1. The molecule has 8 amide bonds. The fourth-order valence-electron chi connectivity index (χ4n) is 12.8. The standard InChI is InChI=1S/C34H47NO9.C33H50N6O8/c1-7-22-14-16-40-26(36)11-9-10-12-27(37)44-23-18-25-34(20-42-34)32(23,6)33(15-13-21(3)17-24(33)43-25)19-41-29(38)28(22)35-30(39)31(4,5)8-2;1-5-29(43)47-22(4)23-13-15-24(16-14-23)36-31(44)25(11-8-9-19-35-33(34)46)37-32(45)30(21(2)3)38-26(40)12-7-6-10-20-39-27(41)17-18-28(39)42/h9-12,17,22-25,28H,7-8,13-16,18-20H2,1-6H3,(H,35,39);13-15,17-18,21-22,24-25,30H,5-12,16,19-20H2,1-4H3,(H,36,44)(H,37,45)(H,38,40)(H3,34,35,46)/b11-9+,12-10-;/t22-,23?,24-,25?,28?,32?,33-,34+;22?,24?,25-,30?/m10/s1. The summed E-state index contributed by atoms with van der Waals surface area (Å²) in [5, 5.41) is 14.0. The number of carbonyl (C=O) groups is 11. The lowest BCUT2D eigenvalue weighted by Gasteiger charge is -2.58. The molecule has 3 aliphatic carbocycles. The van der Waals surface area contributed by atoms with Crippen molar-refractivity contribution in [2.24, 2.45) is 33.8 Å². The first-order valence-corrected chi connectivity index (χ1v) is 32.4. The van der Waals surface area contributed by atoms with Gasteiger partial charge in [0.05, 0.1) is 36.9 Å². The van der Waals surface area contributed by atoms with E-state index in [0.29, 0.717) is 83.8 Å². The first kappa shape index (κ1) is 72.6. The lowest BCUT2D eigenvalue weighted by Crippen LogP contribution is -2.67. The SMILES string of the molecule is CCC(=O)OC(C)C1=CCC(NC(=O)[C@H](CCCCNC(N)=O)NC(=O)C(NC(=O)CCCCCN2C(=O)C=CC2=O)C(C)C)C=C1.CC[C@@H]1CCOC(=O)/C=C/C=C\C(=O)OC2CC3O[C@@H]4C=C(C)CC[C@]4(COC(=O)C1NC(=O)C(C)(C)CC)C2(C)[C@]31CO1. The van der Waals surface area contributed by atoms with Crippen molar-refractivity contribution in [2.75, 3.05) is 32.9 Å². The molecule has 7 N–H and O–H groups in total. The normalized spacial score (nSPS) is 28.7. The highest BCUT2D eigenvalue weighted by molar-refractivity contribution is 6.12. The van der Waals surface area contributed by atoms with E-state index in [-0.39, 0.29) is 98.7 Å². The number of hydrogen-bond donors (Lipinski definition) is 6. The molecule has 0 aromatic rings. The number of primary amides is 1. The van der Waals surface area contributed by atoms with Crippen molar-refractivity contribution in [1.29, 1.82) is 0 Å². The third kappa shape index (κ3) is 18.4. The van der Waals surface area contributed by atoms with Crippen molar-refractivity contribution in [3.63, 3.8) is 0 Å². The van der Waals surface area contributed by atoms with Gasteiger partial charge in [-0.2, -0.15) is 0 Å². The lowest BCUT2D eigenvalue weighted by atomic mass is 9.51. The van der Waals surface area contributed by atoms with Crippen LogP contribution in [0.2, 0.25) is 0 Å². The Morgan fingerprint density at radius 1 is 0.835 bits per heavy atom. The van der Waals surface area contributed by atoms with E-state index in [1.807, 2.05) is 39.8 Å². The molecule has 502 valence electrons. The van der Waals surface area contributed by atoms with Gasteiger partial charge < -0.3 is 60.7 Å². The van der Waals surface area contributed by atoms with Crippen molar-refractivity contribution in [1.82, 2.24) is 31.5 Å². The van der Waals surface area contributed by atoms with Gasteiger partial charge in [0.15, 0.2) is 0 Å². The Morgan fingerprint density at radius 2 is 1.54 bits per heavy atom. The number of cyclic esters (lactones) is 2. The van der Waals surface area contributed by atoms with Gasteiger partial charge in [0.1, 0.15) is 42.5 Å². The van der Waals surface area contributed by atoms with Gasteiger partial charge in [0.2, 0.25) is 23.6 Å². The second kappa shape index (κ2) is 32.7. The van der Waals surface area contributed by atoms with E-state index < -0.39 is 87.9 Å². The zero-order valence-corrected chi connectivity index (χ0v) is 54.7. The number of amides is 8. The molecule has 2 spiro atoms. The molecule has 2 bridgehead atoms. The van der Waals surface area contributed by atoms with Gasteiger partial charge in [-0.25, -0.2) is 19.2 Å². The van der Waals surface area contributed by atoms with E-state index >= 15 is 0 Å². The average molecular weight is 1270 g/mol. The van der Waals surface area contributed by atoms with E-state index in [4.69, 9.17) is 34.2 Å². The maximum absolute atomic E-state index is 14.1. The topological polar surface area (TPSA) is 336 Å². The number of nitrogens with zero attached hydrogens (tertiary/aromatic N) is 1. The number of hydrogen-bond acceptors (Lipinski definition) is 17. The highest BCUT2D eigenvalue weighted by Gasteiger charge is 2.83. The average Bonchev–Trinajstić information content (AvgIpc) is 1.49. The molecule has 0 aromatic heterocycles. The Hall–Kier alpha value is -7.47. The number of urea groups is 1. The van der Waals surface area contributed by atoms with Crippen LogP contribution in [0.4, 0.5) is 4.79 Å². The maximum Gasteiger partial charge on any atom is 0.331 e. The summed E-state index contributed by atoms with van der Waals surface area (Å²) in [6, 6.07) is -3.71. The first-order valence-electron chi connectivity index (χ1n) is 32.4. The minimum absolute atomic E-state index is 0.0101. The summed E-state index contributed by atoms with van der Waals surface area (Å²) < 4.78 is 36.0. The molecule has 24 nitrogen and oxygen atoms in total. The molecule has 7 unspecified atom stereocenters. The largest absolute Gasteiger partial charge is 0.463 e. The van der Waals surface area contributed by atoms with Crippen LogP contribution in [0.15, 0.2) is 71.9 Å². The van der Waals surface area contributed by atoms with Crippen LogP contribution in [0.25, 0.3) is 0 Å². The van der Waals surface area contributed by atoms with Crippen LogP contribution < -0.4 is 32.3 Å². The first-order chi connectivity index (χ1) is 43.1. The van der Waals surface area contributed by atoms with Crippen molar-refractivity contribution in [3.8, 4) is 0 Å². The van der Waals surface area contributed by atoms with Gasteiger partial charge in [-0.1, -0.05) is 110 Å². The Balaban J connectivity index is 0.000000290. The van der Waals surface area contributed by atoms with Crippen molar-refractivity contribution in [2.45, 2.75) is 220 Å². The molecule has 0 aromatic carbocycles. The molecule has 12 atom stereocenters. The number of imide groups is 1. The van der Waals surface area contributed by atoms with Crippen molar-refractivity contribution >= 4 is 65.4 Å². The molecule has 7 aliphatic rings. The molecular formula is C67H97N7O17. The van der Waals surface area contributed by atoms with E-state index in [0.717, 1.165) is 16.9 Å². The van der Waals surface area contributed by atoms with Crippen LogP contribution in [-0.2, 0) is 76.4 Å². The number of ether oxygens (including phenoxy) is 6. The van der Waals surface area contributed by atoms with Crippen LogP contribution in [-0.4, -0.2) is 157 Å². The maximum atomic E-state index is 14.1. The fourth-order valence-corrected chi connectivity index (χ4v) is 12.8. The molecule has 91 heavy (non-hydrogen) atoms. The molecule has 2 saturated heterocycles. The fraction of sp³-hybridized carbons (Fsp3) is 0.657. The van der Waals surface area contributed by atoms with Gasteiger partial charge in [-0.05, 0) is 95.5 Å². The summed E-state index contributed by atoms with van der Waals surface area (Å²) in [4.78, 5) is 139. The number of unbranched alkanes of at least 4 members (excludes halogenated alkanes) is 3. The molecule has 24 heteroatoms. The quantitative estimate of drug-likeness (QED) is 0.0167. The zero-order valence-electron chi connectivity index (χ0n) is 54.7. The van der Waals surface area contributed by atoms with Crippen molar-refractivity contribution in [3.05, 3.63) is 71.9 Å². The molecule has 7 rings (SSSR count). The Bertz CT molecular complexity index is 2870. The van der Waals surface area contributed by atoms with Crippen LogP contribution >= 0.6 is 0 Å². The second-order valence-corrected chi connectivity index (χ2v) is 25.9. The smallest absolute Gasteiger partial charge is 0.331 e. The summed E-state index contributed by atoms with van der Waals surface area (Å²) in [6.45, 7) is 19.9. The van der Waals surface area contributed by atoms with E-state index in [1.165, 1.54) is 42.0 Å². The van der Waals surface area contributed by atoms with Crippen LogP contribution in [0.3, 0.4) is 0 Å². The highest BCUT2D eigenvalue weighted by atomic mass is 16.6. The van der Waals surface area contributed by atoms with Gasteiger partial charge in [-0.3, -0.25) is 38.5 Å². The molecule has 4 aliphatic heterocycles. The number of nitrogens with one attached hydrogen (secondary N) is 5. The Morgan fingerprint density at radius 3 is 2.16 bits per heavy atom. The molecule has 4 heterocycles. The third-order valence-electron chi connectivity index (χ3n) is 19.1. The predicted octanol–water partition coefficient (Wildman–Crippen LogP) is 5.77. The van der Waals surface area contributed by atoms with E-state index in [2.05, 4.69) is 46.5 Å². The Labute approximate surface area is 534 Å². The minimum Gasteiger partial charge on any atom is -0.463 e. The van der Waals surface area contributed by atoms with Crippen molar-refractivity contribution < 1.29 is 81.2 Å². The van der Waals surface area contributed by atoms with Gasteiger partial charge in [-0.15, -0.1) is 0 Å². The number of carbonyl (C=O) groups excluding carboxylic acids is 11.